The van der Waals surface area contributed by atoms with E-state index in [2.05, 4.69) is 0 Å². The number of hydrazine groups is 1. The number of thiophene rings is 1. The van der Waals surface area contributed by atoms with Crippen molar-refractivity contribution in [2.24, 2.45) is 11.6 Å². The average Bonchev–Trinajstić information content (AvgIpc) is 3.17. The van der Waals surface area contributed by atoms with Crippen molar-refractivity contribution in [1.29, 1.82) is 0 Å². The van der Waals surface area contributed by atoms with Gasteiger partial charge in [0.05, 0.1) is 6.42 Å². The van der Waals surface area contributed by atoms with Crippen LogP contribution in [-0.2, 0) is 14.4 Å². The van der Waals surface area contributed by atoms with E-state index in [0.29, 0.717) is 21.0 Å². The first-order valence-electron chi connectivity index (χ1n) is 9.26. The maximum Gasteiger partial charge on any atom is 0.345 e. The number of carboxylic acid groups (broad SMARTS) is 2. The molecule has 1 heterocycles. The Kier molecular flexibility index (Phi) is 10.6. The predicted molar refractivity (Wildman–Crippen MR) is 123 cm³/mol. The van der Waals surface area contributed by atoms with E-state index < -0.39 is 29.7 Å². The molecule has 0 saturated carbocycles. The highest BCUT2D eigenvalue weighted by molar-refractivity contribution is 7.17. The normalized spacial score (nSPS) is 11.3. The maximum atomic E-state index is 12.2. The molecule has 0 spiro atoms. The third-order valence-corrected chi connectivity index (χ3v) is 5.95. The second kappa shape index (κ2) is 12.4. The number of hydrogen-bond donors (Lipinski definition) is 4. The number of aromatic carboxylic acids is 1. The van der Waals surface area contributed by atoms with Gasteiger partial charge in [-0.3, -0.25) is 19.4 Å². The lowest BCUT2D eigenvalue weighted by atomic mass is 9.93. The van der Waals surface area contributed by atoms with Gasteiger partial charge in [0.25, 0.3) is 0 Å². The van der Waals surface area contributed by atoms with Gasteiger partial charge in [0, 0.05) is 40.8 Å². The first-order chi connectivity index (χ1) is 14.6. The van der Waals surface area contributed by atoms with E-state index in [0.717, 1.165) is 16.3 Å². The van der Waals surface area contributed by atoms with Crippen molar-refractivity contribution >= 4 is 59.1 Å². The van der Waals surface area contributed by atoms with Crippen molar-refractivity contribution in [3.8, 4) is 10.4 Å². The molecule has 6 N–H and O–H groups in total. The predicted octanol–water partition coefficient (Wildman–Crippen LogP) is 3.10. The highest BCUT2D eigenvalue weighted by atomic mass is 35.5. The lowest BCUT2D eigenvalue weighted by Crippen LogP contribution is -2.40. The number of carboxylic acids is 2. The second-order valence-electron chi connectivity index (χ2n) is 6.87. The molecular formula is C20H23Cl2N3O6S. The molecule has 0 aliphatic heterocycles. The first-order valence-corrected chi connectivity index (χ1v) is 10.5. The molecule has 2 amide bonds. The number of amides is 2. The van der Waals surface area contributed by atoms with Gasteiger partial charge in [0.15, 0.2) is 0 Å². The molecule has 0 unspecified atom stereocenters. The zero-order valence-electron chi connectivity index (χ0n) is 16.8. The van der Waals surface area contributed by atoms with Crippen LogP contribution < -0.4 is 11.6 Å². The molecule has 0 aliphatic carbocycles. The summed E-state index contributed by atoms with van der Waals surface area (Å²) < 4.78 is 0. The van der Waals surface area contributed by atoms with Crippen LogP contribution in [0.3, 0.4) is 0 Å². The lowest BCUT2D eigenvalue weighted by Gasteiger charge is -2.24. The molecule has 174 valence electrons. The molecular weight excluding hydrogens is 481 g/mol. The van der Waals surface area contributed by atoms with Crippen LogP contribution in [0.15, 0.2) is 30.3 Å². The minimum atomic E-state index is -1.07. The molecule has 1 atom stereocenters. The Labute approximate surface area is 199 Å². The van der Waals surface area contributed by atoms with E-state index in [1.54, 1.807) is 24.3 Å². The van der Waals surface area contributed by atoms with E-state index in [1.807, 2.05) is 0 Å². The van der Waals surface area contributed by atoms with Gasteiger partial charge in [-0.1, -0.05) is 17.7 Å². The van der Waals surface area contributed by atoms with Crippen molar-refractivity contribution < 1.29 is 29.4 Å². The molecule has 0 aliphatic rings. The fourth-order valence-corrected chi connectivity index (χ4v) is 4.13. The summed E-state index contributed by atoms with van der Waals surface area (Å²) in [6, 6.07) is 8.02. The highest BCUT2D eigenvalue weighted by Crippen LogP contribution is 2.36. The van der Waals surface area contributed by atoms with Gasteiger partial charge in [-0.15, -0.1) is 23.7 Å². The number of hydrogen-bond acceptors (Lipinski definition) is 6. The third-order valence-electron chi connectivity index (χ3n) is 4.52. The SMILES string of the molecule is Cl.NC(=O)CCCC(=O)N(N)C[C@H](CC(=O)O)c1ccc(Cl)c(-c2ccc(C(=O)O)s2)c1. The molecule has 9 nitrogen and oxygen atoms in total. The zero-order chi connectivity index (χ0) is 23.1. The lowest BCUT2D eigenvalue weighted by molar-refractivity contribution is -0.139. The summed E-state index contributed by atoms with van der Waals surface area (Å²) in [4.78, 5) is 46.3. The van der Waals surface area contributed by atoms with Crippen molar-refractivity contribution in [3.63, 3.8) is 0 Å². The fourth-order valence-electron chi connectivity index (χ4n) is 2.98. The Bertz CT molecular complexity index is 997. The maximum absolute atomic E-state index is 12.2. The third kappa shape index (κ3) is 7.79. The number of halogens is 2. The molecule has 2 aromatic rings. The summed E-state index contributed by atoms with van der Waals surface area (Å²) >= 11 is 7.33. The van der Waals surface area contributed by atoms with Crippen LogP contribution in [0, 0.1) is 0 Å². The largest absolute Gasteiger partial charge is 0.481 e. The molecule has 0 fully saturated rings. The summed E-state index contributed by atoms with van der Waals surface area (Å²) in [5, 5.41) is 19.8. The van der Waals surface area contributed by atoms with Gasteiger partial charge in [0.2, 0.25) is 11.8 Å². The van der Waals surface area contributed by atoms with Crippen molar-refractivity contribution in [3.05, 3.63) is 45.8 Å². The Balaban J connectivity index is 0.00000512. The summed E-state index contributed by atoms with van der Waals surface area (Å²) in [5.41, 5.74) is 6.20. The summed E-state index contributed by atoms with van der Waals surface area (Å²) in [6.45, 7) is -0.0619. The first kappa shape index (κ1) is 27.4. The van der Waals surface area contributed by atoms with Crippen molar-refractivity contribution in [2.75, 3.05) is 6.54 Å². The number of carbonyl (C=O) groups is 4. The molecule has 32 heavy (non-hydrogen) atoms. The zero-order valence-corrected chi connectivity index (χ0v) is 19.2. The standard InChI is InChI=1S/C20H22ClN3O6S.ClH/c21-14-5-4-11(8-13(14)15-6-7-16(31-15)20(29)30)12(9-19(27)28)10-24(23)18(26)3-1-2-17(22)25;/h4-8,12H,1-3,9-10,23H2,(H2,22,25)(H,27,28)(H,29,30);1H/t12-;/m0./s1. The fraction of sp³-hybridized carbons (Fsp3) is 0.300. The van der Waals surface area contributed by atoms with Crippen LogP contribution in [0.4, 0.5) is 0 Å². The number of nitrogens with two attached hydrogens (primary N) is 2. The molecule has 0 bridgehead atoms. The molecule has 0 radical (unpaired) electrons. The van der Waals surface area contributed by atoms with Gasteiger partial charge in [0.1, 0.15) is 4.88 Å². The molecule has 1 aromatic heterocycles. The van der Waals surface area contributed by atoms with Crippen LogP contribution in [0.25, 0.3) is 10.4 Å². The monoisotopic (exact) mass is 503 g/mol. The number of rotatable bonds is 11. The average molecular weight is 504 g/mol. The van der Waals surface area contributed by atoms with E-state index in [1.165, 1.54) is 6.07 Å². The van der Waals surface area contributed by atoms with E-state index in [9.17, 15) is 24.3 Å². The Morgan fingerprint density at radius 1 is 1.09 bits per heavy atom. The Morgan fingerprint density at radius 3 is 2.34 bits per heavy atom. The van der Waals surface area contributed by atoms with Crippen molar-refractivity contribution in [2.45, 2.75) is 31.6 Å². The van der Waals surface area contributed by atoms with Crippen LogP contribution in [0.2, 0.25) is 5.02 Å². The number of primary amides is 1. The van der Waals surface area contributed by atoms with Gasteiger partial charge in [-0.25, -0.2) is 10.6 Å². The summed E-state index contributed by atoms with van der Waals surface area (Å²) in [5.74, 6) is 2.14. The van der Waals surface area contributed by atoms with Gasteiger partial charge in [-0.05, 0) is 36.2 Å². The highest BCUT2D eigenvalue weighted by Gasteiger charge is 2.22. The van der Waals surface area contributed by atoms with E-state index >= 15 is 0 Å². The molecule has 0 saturated heterocycles. The smallest absolute Gasteiger partial charge is 0.345 e. The number of carbonyl (C=O) groups excluding carboxylic acids is 2. The molecule has 2 rings (SSSR count). The van der Waals surface area contributed by atoms with Crippen LogP contribution in [0.1, 0.15) is 46.8 Å². The minimum Gasteiger partial charge on any atom is -0.481 e. The summed E-state index contributed by atoms with van der Waals surface area (Å²) in [7, 11) is 0. The number of nitrogens with zero attached hydrogens (tertiary/aromatic N) is 1. The Morgan fingerprint density at radius 2 is 1.78 bits per heavy atom. The van der Waals surface area contributed by atoms with E-state index in [-0.39, 0.29) is 49.5 Å². The summed E-state index contributed by atoms with van der Waals surface area (Å²) in [6.07, 6.45) is 0.0328. The second-order valence-corrected chi connectivity index (χ2v) is 8.36. The van der Waals surface area contributed by atoms with Gasteiger partial charge in [-0.2, -0.15) is 0 Å². The quantitative estimate of drug-likeness (QED) is 0.207. The number of aliphatic carboxylic acids is 1. The minimum absolute atomic E-state index is 0. The van der Waals surface area contributed by atoms with Crippen molar-refractivity contribution in [1.82, 2.24) is 5.01 Å². The van der Waals surface area contributed by atoms with Gasteiger partial charge < -0.3 is 15.9 Å². The van der Waals surface area contributed by atoms with Crippen LogP contribution in [-0.4, -0.2) is 45.5 Å². The molecule has 1 aromatic carbocycles. The van der Waals surface area contributed by atoms with Gasteiger partial charge >= 0.3 is 11.9 Å². The van der Waals surface area contributed by atoms with E-state index in [4.69, 9.17) is 28.3 Å². The van der Waals surface area contributed by atoms with Crippen LogP contribution >= 0.6 is 35.3 Å². The topological polar surface area (TPSA) is 164 Å². The Hall–Kier alpha value is -2.66. The number of benzene rings is 1. The van der Waals surface area contributed by atoms with Crippen LogP contribution in [0.5, 0.6) is 0 Å². The molecule has 12 heteroatoms.